The number of ether oxygens (including phenoxy) is 1. The third-order valence-electron chi connectivity index (χ3n) is 3.57. The Morgan fingerprint density at radius 2 is 2.05 bits per heavy atom. The summed E-state index contributed by atoms with van der Waals surface area (Å²) in [5.41, 5.74) is 0. The van der Waals surface area contributed by atoms with Crippen LogP contribution in [0, 0.1) is 5.92 Å². The summed E-state index contributed by atoms with van der Waals surface area (Å²) in [5.74, 6) is -0.589. The molecule has 0 aromatic heterocycles. The Hall–Kier alpha value is -1.65. The van der Waals surface area contributed by atoms with Crippen molar-refractivity contribution in [2.75, 3.05) is 6.54 Å². The first kappa shape index (κ1) is 13.8. The topological polar surface area (TPSA) is 63.7 Å². The summed E-state index contributed by atoms with van der Waals surface area (Å²) in [7, 11) is 0. The van der Waals surface area contributed by atoms with Gasteiger partial charge in [0.25, 0.3) is 0 Å². The molecule has 2 atom stereocenters. The van der Waals surface area contributed by atoms with Crippen molar-refractivity contribution < 1.29 is 19.1 Å². The minimum absolute atomic E-state index is 0.0230. The zero-order valence-corrected chi connectivity index (χ0v) is 11.0. The maximum Gasteiger partial charge on any atom is 0.326 e. The Morgan fingerprint density at radius 3 is 2.68 bits per heavy atom. The second kappa shape index (κ2) is 5.99. The second-order valence-electron chi connectivity index (χ2n) is 5.12. The number of amides is 2. The summed E-state index contributed by atoms with van der Waals surface area (Å²) in [6.07, 6.45) is 6.24. The highest BCUT2D eigenvalue weighted by Crippen LogP contribution is 2.38. The predicted molar refractivity (Wildman–Crippen MR) is 68.0 cm³/mol. The van der Waals surface area contributed by atoms with Gasteiger partial charge in [0.05, 0.1) is 0 Å². The number of unbranched alkanes of at least 4 members (excludes halogenated alkanes) is 1. The van der Waals surface area contributed by atoms with E-state index >= 15 is 0 Å². The van der Waals surface area contributed by atoms with E-state index in [-0.39, 0.29) is 37.3 Å². The Bertz CT molecular complexity index is 388. The lowest BCUT2D eigenvalue weighted by Gasteiger charge is -2.12. The lowest BCUT2D eigenvalue weighted by Crippen LogP contribution is -2.35. The van der Waals surface area contributed by atoms with Crippen molar-refractivity contribution >= 4 is 17.8 Å². The molecule has 2 rings (SSSR count). The van der Waals surface area contributed by atoms with E-state index in [9.17, 15) is 14.4 Å². The first-order valence-electron chi connectivity index (χ1n) is 6.75. The molecule has 1 saturated carbocycles. The molecule has 1 heterocycles. The number of rotatable bonds is 7. The number of imide groups is 1. The van der Waals surface area contributed by atoms with Gasteiger partial charge in [0, 0.05) is 12.8 Å². The lowest BCUT2D eigenvalue weighted by atomic mass is 10.2. The SMILES string of the molecule is C=CCCC[C@@H]1C[C@H]1OC(=O)CN1C(=O)CCC1=O. The minimum Gasteiger partial charge on any atom is -0.461 e. The van der Waals surface area contributed by atoms with Gasteiger partial charge >= 0.3 is 5.97 Å². The summed E-state index contributed by atoms with van der Waals surface area (Å²) >= 11 is 0. The molecule has 1 saturated heterocycles. The summed E-state index contributed by atoms with van der Waals surface area (Å²) in [6.45, 7) is 3.43. The van der Waals surface area contributed by atoms with Crippen molar-refractivity contribution in [3.63, 3.8) is 0 Å². The molecule has 5 heteroatoms. The Balaban J connectivity index is 1.67. The van der Waals surface area contributed by atoms with Gasteiger partial charge in [0.2, 0.25) is 11.8 Å². The summed E-state index contributed by atoms with van der Waals surface area (Å²) < 4.78 is 5.25. The Morgan fingerprint density at radius 1 is 1.37 bits per heavy atom. The monoisotopic (exact) mass is 265 g/mol. The van der Waals surface area contributed by atoms with Crippen LogP contribution < -0.4 is 0 Å². The number of likely N-dealkylation sites (tertiary alicyclic amines) is 1. The zero-order valence-electron chi connectivity index (χ0n) is 11.0. The van der Waals surface area contributed by atoms with E-state index in [1.807, 2.05) is 6.08 Å². The number of esters is 1. The fraction of sp³-hybridized carbons (Fsp3) is 0.643. The van der Waals surface area contributed by atoms with Crippen molar-refractivity contribution in [1.29, 1.82) is 0 Å². The van der Waals surface area contributed by atoms with E-state index in [1.54, 1.807) is 0 Å². The van der Waals surface area contributed by atoms with E-state index in [0.29, 0.717) is 5.92 Å². The van der Waals surface area contributed by atoms with Crippen LogP contribution in [-0.2, 0) is 19.1 Å². The summed E-state index contributed by atoms with van der Waals surface area (Å²) in [4.78, 5) is 35.3. The van der Waals surface area contributed by atoms with Gasteiger partial charge in [-0.05, 0) is 31.6 Å². The molecular formula is C14H19NO4. The van der Waals surface area contributed by atoms with Crippen LogP contribution in [0.25, 0.3) is 0 Å². The zero-order chi connectivity index (χ0) is 13.8. The molecule has 19 heavy (non-hydrogen) atoms. The molecule has 104 valence electrons. The quantitative estimate of drug-likeness (QED) is 0.302. The van der Waals surface area contributed by atoms with Crippen LogP contribution in [0.1, 0.15) is 38.5 Å². The largest absolute Gasteiger partial charge is 0.461 e. The fourth-order valence-electron chi connectivity index (χ4n) is 2.33. The van der Waals surface area contributed by atoms with Crippen molar-refractivity contribution in [2.45, 2.75) is 44.6 Å². The van der Waals surface area contributed by atoms with Crippen molar-refractivity contribution in [3.8, 4) is 0 Å². The van der Waals surface area contributed by atoms with Crippen LogP contribution in [0.5, 0.6) is 0 Å². The highest BCUT2D eigenvalue weighted by Gasteiger charge is 2.40. The van der Waals surface area contributed by atoms with Crippen molar-refractivity contribution in [1.82, 2.24) is 4.90 Å². The van der Waals surface area contributed by atoms with Gasteiger partial charge in [-0.3, -0.25) is 19.3 Å². The van der Waals surface area contributed by atoms with E-state index in [1.165, 1.54) is 0 Å². The van der Waals surface area contributed by atoms with Crippen molar-refractivity contribution in [3.05, 3.63) is 12.7 Å². The highest BCUT2D eigenvalue weighted by molar-refractivity contribution is 6.04. The normalized spacial score (nSPS) is 25.6. The van der Waals surface area contributed by atoms with E-state index in [0.717, 1.165) is 30.6 Å². The molecule has 0 unspecified atom stereocenters. The van der Waals surface area contributed by atoms with Crippen LogP contribution in [0.15, 0.2) is 12.7 Å². The molecule has 0 spiro atoms. The van der Waals surface area contributed by atoms with Gasteiger partial charge < -0.3 is 4.74 Å². The first-order chi connectivity index (χ1) is 9.11. The standard InChI is InChI=1S/C14H19NO4/c1-2-3-4-5-10-8-11(10)19-14(18)9-15-12(16)6-7-13(15)17/h2,10-11H,1,3-9H2/t10-,11-/m1/s1. The van der Waals surface area contributed by atoms with E-state index in [4.69, 9.17) is 4.74 Å². The molecule has 1 aliphatic carbocycles. The van der Waals surface area contributed by atoms with Gasteiger partial charge in [-0.25, -0.2) is 0 Å². The maximum absolute atomic E-state index is 11.6. The molecule has 5 nitrogen and oxygen atoms in total. The van der Waals surface area contributed by atoms with Gasteiger partial charge in [0.1, 0.15) is 12.6 Å². The van der Waals surface area contributed by atoms with Gasteiger partial charge in [-0.2, -0.15) is 0 Å². The van der Waals surface area contributed by atoms with E-state index < -0.39 is 5.97 Å². The van der Waals surface area contributed by atoms with Crippen LogP contribution in [-0.4, -0.2) is 35.3 Å². The number of nitrogens with zero attached hydrogens (tertiary/aromatic N) is 1. The van der Waals surface area contributed by atoms with Gasteiger partial charge in [0.15, 0.2) is 0 Å². The number of carbonyl (C=O) groups is 3. The molecule has 0 aromatic rings. The van der Waals surface area contributed by atoms with Gasteiger partial charge in [-0.15, -0.1) is 6.58 Å². The highest BCUT2D eigenvalue weighted by atomic mass is 16.5. The number of hydrogen-bond acceptors (Lipinski definition) is 4. The number of allylic oxidation sites excluding steroid dienone is 1. The predicted octanol–water partition coefficient (Wildman–Crippen LogP) is 1.42. The van der Waals surface area contributed by atoms with Crippen molar-refractivity contribution in [2.24, 2.45) is 5.92 Å². The van der Waals surface area contributed by atoms with Crippen LogP contribution in [0.2, 0.25) is 0 Å². The fourth-order valence-corrected chi connectivity index (χ4v) is 2.33. The Labute approximate surface area is 112 Å². The molecule has 2 aliphatic rings. The Kier molecular flexibility index (Phi) is 4.35. The minimum atomic E-state index is -0.472. The first-order valence-corrected chi connectivity index (χ1v) is 6.75. The maximum atomic E-state index is 11.6. The second-order valence-corrected chi connectivity index (χ2v) is 5.12. The average Bonchev–Trinajstić information content (AvgIpc) is 3.03. The smallest absolute Gasteiger partial charge is 0.326 e. The van der Waals surface area contributed by atoms with Crippen LogP contribution >= 0.6 is 0 Å². The van der Waals surface area contributed by atoms with Gasteiger partial charge in [-0.1, -0.05) is 6.08 Å². The molecule has 0 aromatic carbocycles. The molecule has 1 aliphatic heterocycles. The molecule has 0 bridgehead atoms. The van der Waals surface area contributed by atoms with E-state index in [2.05, 4.69) is 6.58 Å². The molecular weight excluding hydrogens is 246 g/mol. The molecule has 0 radical (unpaired) electrons. The summed E-state index contributed by atoms with van der Waals surface area (Å²) in [6, 6.07) is 0. The lowest BCUT2D eigenvalue weighted by molar-refractivity contribution is -0.153. The molecule has 2 amide bonds. The van der Waals surface area contributed by atoms with Crippen LogP contribution in [0.3, 0.4) is 0 Å². The third-order valence-corrected chi connectivity index (χ3v) is 3.57. The van der Waals surface area contributed by atoms with Crippen LogP contribution in [0.4, 0.5) is 0 Å². The number of carbonyl (C=O) groups excluding carboxylic acids is 3. The molecule has 0 N–H and O–H groups in total. The number of hydrogen-bond donors (Lipinski definition) is 0. The molecule has 2 fully saturated rings. The third kappa shape index (κ3) is 3.66. The average molecular weight is 265 g/mol. The summed E-state index contributed by atoms with van der Waals surface area (Å²) in [5, 5.41) is 0.